The summed E-state index contributed by atoms with van der Waals surface area (Å²) in [6.07, 6.45) is 1.54. The second-order valence-corrected chi connectivity index (χ2v) is 9.41. The number of rotatable bonds is 9. The van der Waals surface area contributed by atoms with Crippen LogP contribution in [0.4, 0.5) is 10.5 Å². The second-order valence-electron chi connectivity index (χ2n) is 7.73. The van der Waals surface area contributed by atoms with Gasteiger partial charge in [0.2, 0.25) is 11.8 Å². The SMILES string of the molecule is Cc1ccc(S(=O)(=O)NC(=O)Nc2ccc(C(=O)OCCCCN3C(=O)CCC3=O)cc2)cc1. The summed E-state index contributed by atoms with van der Waals surface area (Å²) in [6, 6.07) is 10.9. The van der Waals surface area contributed by atoms with E-state index in [0.717, 1.165) is 5.56 Å². The first kappa shape index (κ1) is 24.9. The van der Waals surface area contributed by atoms with E-state index in [1.54, 1.807) is 12.1 Å². The van der Waals surface area contributed by atoms with Gasteiger partial charge in [0.1, 0.15) is 0 Å². The van der Waals surface area contributed by atoms with E-state index in [9.17, 15) is 27.6 Å². The Kier molecular flexibility index (Phi) is 8.00. The van der Waals surface area contributed by atoms with Gasteiger partial charge in [-0.25, -0.2) is 22.7 Å². The van der Waals surface area contributed by atoms with Gasteiger partial charge in [-0.15, -0.1) is 0 Å². The van der Waals surface area contributed by atoms with Crippen LogP contribution in [-0.2, 0) is 24.3 Å². The molecule has 0 atom stereocenters. The fraction of sp³-hybridized carbons (Fsp3) is 0.304. The number of unbranched alkanes of at least 4 members (excludes halogenated alkanes) is 1. The standard InChI is InChI=1S/C23H25N3O7S/c1-16-4-10-19(11-5-16)34(31,32)25-23(30)24-18-8-6-17(7-9-18)22(29)33-15-3-2-14-26-20(27)12-13-21(26)28/h4-11H,2-3,12-15H2,1H3,(H2,24,25,30). The van der Waals surface area contributed by atoms with Gasteiger partial charge in [0.05, 0.1) is 17.1 Å². The molecule has 0 radical (unpaired) electrons. The van der Waals surface area contributed by atoms with Gasteiger partial charge in [-0.2, -0.15) is 0 Å². The highest BCUT2D eigenvalue weighted by molar-refractivity contribution is 7.90. The van der Waals surface area contributed by atoms with E-state index in [1.165, 1.54) is 41.3 Å². The number of carbonyl (C=O) groups is 4. The smallest absolute Gasteiger partial charge is 0.338 e. The van der Waals surface area contributed by atoms with Crippen molar-refractivity contribution in [2.24, 2.45) is 0 Å². The molecule has 0 bridgehead atoms. The third-order valence-corrected chi connectivity index (χ3v) is 6.45. The van der Waals surface area contributed by atoms with Crippen molar-refractivity contribution in [1.82, 2.24) is 9.62 Å². The number of likely N-dealkylation sites (tertiary alicyclic amines) is 1. The maximum atomic E-state index is 12.3. The van der Waals surface area contributed by atoms with Crippen LogP contribution in [0.15, 0.2) is 53.4 Å². The molecule has 1 aliphatic rings. The number of nitrogens with one attached hydrogen (secondary N) is 2. The predicted molar refractivity (Wildman–Crippen MR) is 122 cm³/mol. The van der Waals surface area contributed by atoms with E-state index in [0.29, 0.717) is 19.4 Å². The zero-order chi connectivity index (χ0) is 24.7. The van der Waals surface area contributed by atoms with E-state index in [1.807, 2.05) is 11.6 Å². The summed E-state index contributed by atoms with van der Waals surface area (Å²) in [5.74, 6) is -0.902. The molecule has 10 nitrogen and oxygen atoms in total. The van der Waals surface area contributed by atoms with Crippen LogP contribution in [0.25, 0.3) is 0 Å². The molecular weight excluding hydrogens is 462 g/mol. The Morgan fingerprint density at radius 2 is 1.56 bits per heavy atom. The van der Waals surface area contributed by atoms with Crippen LogP contribution in [-0.4, -0.2) is 50.3 Å². The number of carbonyl (C=O) groups excluding carboxylic acids is 4. The molecule has 180 valence electrons. The maximum absolute atomic E-state index is 12.3. The molecule has 0 unspecified atom stereocenters. The number of amides is 4. The second kappa shape index (κ2) is 10.9. The van der Waals surface area contributed by atoms with Crippen LogP contribution < -0.4 is 10.0 Å². The van der Waals surface area contributed by atoms with E-state index in [-0.39, 0.29) is 47.4 Å². The molecule has 1 saturated heterocycles. The van der Waals surface area contributed by atoms with E-state index in [4.69, 9.17) is 4.74 Å². The Morgan fingerprint density at radius 3 is 2.18 bits per heavy atom. The first-order valence-electron chi connectivity index (χ1n) is 10.7. The quantitative estimate of drug-likeness (QED) is 0.315. The number of aryl methyl sites for hydroxylation is 1. The zero-order valence-electron chi connectivity index (χ0n) is 18.6. The molecule has 2 aromatic rings. The van der Waals surface area contributed by atoms with Crippen LogP contribution in [0.5, 0.6) is 0 Å². The highest BCUT2D eigenvalue weighted by atomic mass is 32.2. The van der Waals surface area contributed by atoms with Gasteiger partial charge in [0.25, 0.3) is 10.0 Å². The minimum absolute atomic E-state index is 0.0371. The molecule has 0 spiro atoms. The number of benzene rings is 2. The predicted octanol–water partition coefficient (Wildman–Crippen LogP) is 2.59. The Morgan fingerprint density at radius 1 is 0.941 bits per heavy atom. The van der Waals surface area contributed by atoms with Crippen LogP contribution in [0.1, 0.15) is 41.6 Å². The number of nitrogens with zero attached hydrogens (tertiary/aromatic N) is 1. The van der Waals surface area contributed by atoms with Crippen molar-refractivity contribution < 1.29 is 32.3 Å². The molecule has 1 aliphatic heterocycles. The van der Waals surface area contributed by atoms with Crippen molar-refractivity contribution in [3.05, 3.63) is 59.7 Å². The lowest BCUT2D eigenvalue weighted by molar-refractivity contribution is -0.138. The van der Waals surface area contributed by atoms with E-state index in [2.05, 4.69) is 5.32 Å². The number of ether oxygens (including phenoxy) is 1. The number of sulfonamides is 1. The highest BCUT2D eigenvalue weighted by Gasteiger charge is 2.27. The van der Waals surface area contributed by atoms with Crippen LogP contribution in [0.2, 0.25) is 0 Å². The number of hydrogen-bond acceptors (Lipinski definition) is 7. The summed E-state index contributed by atoms with van der Waals surface area (Å²) in [4.78, 5) is 48.5. The molecule has 1 fully saturated rings. The molecule has 4 amide bonds. The molecule has 1 heterocycles. The number of imide groups is 1. The van der Waals surface area contributed by atoms with Gasteiger partial charge in [0.15, 0.2) is 0 Å². The number of anilines is 1. The van der Waals surface area contributed by atoms with Gasteiger partial charge in [-0.05, 0) is 56.2 Å². The third-order valence-electron chi connectivity index (χ3n) is 5.10. The van der Waals surface area contributed by atoms with Crippen LogP contribution >= 0.6 is 0 Å². The normalized spacial score (nSPS) is 13.6. The van der Waals surface area contributed by atoms with E-state index >= 15 is 0 Å². The first-order chi connectivity index (χ1) is 16.2. The average Bonchev–Trinajstić information content (AvgIpc) is 3.11. The monoisotopic (exact) mass is 487 g/mol. The Hall–Kier alpha value is -3.73. The van der Waals surface area contributed by atoms with E-state index < -0.39 is 22.0 Å². The lowest BCUT2D eigenvalue weighted by Gasteiger charge is -2.13. The maximum Gasteiger partial charge on any atom is 0.338 e. The van der Waals surface area contributed by atoms with Gasteiger partial charge >= 0.3 is 12.0 Å². The third kappa shape index (κ3) is 6.64. The highest BCUT2D eigenvalue weighted by Crippen LogP contribution is 2.14. The molecule has 34 heavy (non-hydrogen) atoms. The molecular formula is C23H25N3O7S. The largest absolute Gasteiger partial charge is 0.462 e. The van der Waals surface area contributed by atoms with Crippen molar-refractivity contribution in [1.29, 1.82) is 0 Å². The lowest BCUT2D eigenvalue weighted by atomic mass is 10.2. The van der Waals surface area contributed by atoms with Crippen LogP contribution in [0, 0.1) is 6.92 Å². The first-order valence-corrected chi connectivity index (χ1v) is 12.1. The van der Waals surface area contributed by atoms with Gasteiger partial charge in [-0.1, -0.05) is 17.7 Å². The van der Waals surface area contributed by atoms with Crippen molar-refractivity contribution in [2.45, 2.75) is 37.5 Å². The Balaban J connectivity index is 1.42. The van der Waals surface area contributed by atoms with Gasteiger partial charge in [0, 0.05) is 25.1 Å². The Labute approximate surface area is 197 Å². The molecule has 0 aliphatic carbocycles. The molecule has 0 saturated carbocycles. The number of esters is 1. The lowest BCUT2D eigenvalue weighted by Crippen LogP contribution is -2.34. The van der Waals surface area contributed by atoms with Crippen molar-refractivity contribution in [3.63, 3.8) is 0 Å². The summed E-state index contributed by atoms with van der Waals surface area (Å²) < 4.78 is 31.7. The summed E-state index contributed by atoms with van der Waals surface area (Å²) >= 11 is 0. The number of urea groups is 1. The fourth-order valence-electron chi connectivity index (χ4n) is 3.24. The zero-order valence-corrected chi connectivity index (χ0v) is 19.4. The molecule has 2 N–H and O–H groups in total. The summed E-state index contributed by atoms with van der Waals surface area (Å²) in [7, 11) is -4.02. The summed E-state index contributed by atoms with van der Waals surface area (Å²) in [5.41, 5.74) is 1.42. The van der Waals surface area contributed by atoms with Gasteiger partial charge in [-0.3, -0.25) is 14.5 Å². The molecule has 3 rings (SSSR count). The van der Waals surface area contributed by atoms with Crippen molar-refractivity contribution >= 4 is 39.5 Å². The average molecular weight is 488 g/mol. The molecule has 11 heteroatoms. The molecule has 2 aromatic carbocycles. The van der Waals surface area contributed by atoms with Gasteiger partial charge < -0.3 is 10.1 Å². The van der Waals surface area contributed by atoms with Crippen molar-refractivity contribution in [3.8, 4) is 0 Å². The Bertz CT molecular complexity index is 1160. The minimum Gasteiger partial charge on any atom is -0.462 e. The number of hydrogen-bond donors (Lipinski definition) is 2. The topological polar surface area (TPSA) is 139 Å². The fourth-order valence-corrected chi connectivity index (χ4v) is 4.14. The summed E-state index contributed by atoms with van der Waals surface area (Å²) in [6.45, 7) is 2.27. The van der Waals surface area contributed by atoms with Crippen molar-refractivity contribution in [2.75, 3.05) is 18.5 Å². The molecule has 0 aromatic heterocycles. The summed E-state index contributed by atoms with van der Waals surface area (Å²) in [5, 5.41) is 2.40. The minimum atomic E-state index is -4.02. The van der Waals surface area contributed by atoms with Crippen LogP contribution in [0.3, 0.4) is 0 Å².